The van der Waals surface area contributed by atoms with Crippen LogP contribution in [0.5, 0.6) is 0 Å². The fourth-order valence-corrected chi connectivity index (χ4v) is 2.03. The smallest absolute Gasteiger partial charge is 0.305 e. The molecule has 98 valence electrons. The number of hydrogen-bond donors (Lipinski definition) is 1. The number of hydrogen-bond acceptors (Lipinski definition) is 4. The van der Waals surface area contributed by atoms with E-state index in [0.717, 1.165) is 0 Å². The molecule has 0 heterocycles. The van der Waals surface area contributed by atoms with E-state index in [0.29, 0.717) is 19.3 Å². The molecule has 0 amide bonds. The Morgan fingerprint density at radius 2 is 2.12 bits per heavy atom. The molecule has 0 rings (SSSR count). The van der Waals surface area contributed by atoms with Crippen LogP contribution in [0.1, 0.15) is 33.1 Å². The lowest BCUT2D eigenvalue weighted by Gasteiger charge is -2.08. The Balaban J connectivity index is 4.01. The number of rotatable bonds is 7. The summed E-state index contributed by atoms with van der Waals surface area (Å²) in [6, 6.07) is 0. The van der Waals surface area contributed by atoms with Crippen molar-refractivity contribution in [2.75, 3.05) is 12.4 Å². The Labute approximate surface area is 102 Å². The summed E-state index contributed by atoms with van der Waals surface area (Å²) in [5, 5.41) is 0. The second kappa shape index (κ2) is 8.09. The van der Waals surface area contributed by atoms with Crippen LogP contribution in [0.25, 0.3) is 0 Å². The van der Waals surface area contributed by atoms with E-state index < -0.39 is 16.0 Å². The van der Waals surface area contributed by atoms with E-state index in [9.17, 15) is 13.2 Å². The maximum Gasteiger partial charge on any atom is 0.305 e. The van der Waals surface area contributed by atoms with E-state index in [-0.39, 0.29) is 18.3 Å². The van der Waals surface area contributed by atoms with E-state index in [4.69, 9.17) is 9.29 Å². The average molecular weight is 262 g/mol. The average Bonchev–Trinajstić information content (AvgIpc) is 2.22. The molecule has 0 fully saturated rings. The molecule has 0 saturated heterocycles. The highest BCUT2D eigenvalue weighted by Gasteiger charge is 2.14. The molecule has 5 nitrogen and oxygen atoms in total. The van der Waals surface area contributed by atoms with Gasteiger partial charge in [0.05, 0.1) is 12.4 Å². The zero-order chi connectivity index (χ0) is 13.3. The summed E-state index contributed by atoms with van der Waals surface area (Å²) in [5.41, 5.74) is 0. The second-order valence-corrected chi connectivity index (χ2v) is 5.05. The van der Waals surface area contributed by atoms with Crippen molar-refractivity contribution in [3.63, 3.8) is 0 Å². The van der Waals surface area contributed by atoms with E-state index >= 15 is 0 Å². The van der Waals surface area contributed by atoms with E-state index in [1.807, 2.05) is 0 Å². The van der Waals surface area contributed by atoms with Crippen molar-refractivity contribution >= 4 is 16.1 Å². The first kappa shape index (κ1) is 15.9. The summed E-state index contributed by atoms with van der Waals surface area (Å²) >= 11 is 0. The first-order valence-electron chi connectivity index (χ1n) is 5.42. The molecule has 0 aliphatic heterocycles. The molecule has 0 bridgehead atoms. The molecule has 0 aromatic heterocycles. The van der Waals surface area contributed by atoms with Gasteiger partial charge in [-0.05, 0) is 19.8 Å². The van der Waals surface area contributed by atoms with Crippen molar-refractivity contribution in [3.05, 3.63) is 0 Å². The lowest BCUT2D eigenvalue weighted by Crippen LogP contribution is -2.15. The van der Waals surface area contributed by atoms with Crippen LogP contribution in [0.4, 0.5) is 0 Å². The van der Waals surface area contributed by atoms with Crippen LogP contribution < -0.4 is 0 Å². The van der Waals surface area contributed by atoms with Gasteiger partial charge in [-0.2, -0.15) is 8.42 Å². The normalized spacial score (nSPS) is 12.4. The van der Waals surface area contributed by atoms with Gasteiger partial charge in [0.15, 0.2) is 0 Å². The lowest BCUT2D eigenvalue weighted by atomic mass is 10.1. The summed E-state index contributed by atoms with van der Waals surface area (Å²) in [5.74, 6) is 4.25. The molecule has 17 heavy (non-hydrogen) atoms. The molecule has 1 unspecified atom stereocenters. The van der Waals surface area contributed by atoms with Crippen molar-refractivity contribution in [2.24, 2.45) is 5.92 Å². The lowest BCUT2D eigenvalue weighted by molar-refractivity contribution is -0.143. The molecule has 6 heteroatoms. The minimum absolute atomic E-state index is 0.250. The number of carbonyl (C=O) groups is 1. The van der Waals surface area contributed by atoms with Crippen LogP contribution in [-0.4, -0.2) is 31.3 Å². The van der Waals surface area contributed by atoms with Crippen molar-refractivity contribution < 1.29 is 22.5 Å². The molecule has 0 aromatic rings. The van der Waals surface area contributed by atoms with Crippen LogP contribution in [0.2, 0.25) is 0 Å². The molecule has 1 atom stereocenters. The van der Waals surface area contributed by atoms with Crippen LogP contribution in [-0.2, 0) is 19.6 Å². The summed E-state index contributed by atoms with van der Waals surface area (Å²) in [4.78, 5) is 10.8. The predicted molar refractivity (Wildman–Crippen MR) is 63.8 cm³/mol. The zero-order valence-corrected chi connectivity index (χ0v) is 10.9. The molecular weight excluding hydrogens is 244 g/mol. The first-order valence-corrected chi connectivity index (χ1v) is 7.03. The molecule has 0 saturated carbocycles. The Morgan fingerprint density at radius 3 is 2.59 bits per heavy atom. The fourth-order valence-electron chi connectivity index (χ4n) is 1.27. The van der Waals surface area contributed by atoms with Crippen molar-refractivity contribution in [1.82, 2.24) is 0 Å². The monoisotopic (exact) mass is 262 g/mol. The minimum atomic E-state index is -4.01. The SMILES string of the molecule is CC#CC(CCCOC(=O)CC)CS(=O)(=O)O. The molecule has 0 radical (unpaired) electrons. The number of ether oxygens (including phenoxy) is 1. The van der Waals surface area contributed by atoms with E-state index in [1.165, 1.54) is 0 Å². The van der Waals surface area contributed by atoms with Gasteiger partial charge in [-0.3, -0.25) is 9.35 Å². The highest BCUT2D eigenvalue weighted by molar-refractivity contribution is 7.85. The molecule has 1 N–H and O–H groups in total. The molecule has 0 aliphatic rings. The van der Waals surface area contributed by atoms with Gasteiger partial charge in [-0.15, -0.1) is 5.92 Å². The van der Waals surface area contributed by atoms with Crippen LogP contribution in [0.3, 0.4) is 0 Å². The maximum atomic E-state index is 10.8. The Morgan fingerprint density at radius 1 is 1.47 bits per heavy atom. The van der Waals surface area contributed by atoms with Gasteiger partial charge in [0.25, 0.3) is 10.1 Å². The summed E-state index contributed by atoms with van der Waals surface area (Å²) in [7, 11) is -4.01. The van der Waals surface area contributed by atoms with Crippen LogP contribution in [0.15, 0.2) is 0 Å². The minimum Gasteiger partial charge on any atom is -0.466 e. The van der Waals surface area contributed by atoms with E-state index in [1.54, 1.807) is 13.8 Å². The maximum absolute atomic E-state index is 10.8. The third-order valence-corrected chi connectivity index (χ3v) is 2.83. The molecule has 0 aliphatic carbocycles. The fraction of sp³-hybridized carbons (Fsp3) is 0.727. The van der Waals surface area contributed by atoms with E-state index in [2.05, 4.69) is 11.8 Å². The largest absolute Gasteiger partial charge is 0.466 e. The van der Waals surface area contributed by atoms with Crippen molar-refractivity contribution in [2.45, 2.75) is 33.1 Å². The molecule has 0 spiro atoms. The van der Waals surface area contributed by atoms with Gasteiger partial charge in [-0.25, -0.2) is 0 Å². The summed E-state index contributed by atoms with van der Waals surface area (Å²) < 4.78 is 35.0. The standard InChI is InChI=1S/C11H18O5S/c1-3-6-10(9-17(13,14)15)7-5-8-16-11(12)4-2/h10H,4-5,7-9H2,1-2H3,(H,13,14,15). The highest BCUT2D eigenvalue weighted by atomic mass is 32.2. The molecular formula is C11H18O5S. The Hall–Kier alpha value is -1.06. The highest BCUT2D eigenvalue weighted by Crippen LogP contribution is 2.08. The van der Waals surface area contributed by atoms with Crippen molar-refractivity contribution in [1.29, 1.82) is 0 Å². The van der Waals surface area contributed by atoms with Gasteiger partial charge in [0, 0.05) is 12.3 Å². The van der Waals surface area contributed by atoms with Gasteiger partial charge in [0.2, 0.25) is 0 Å². The van der Waals surface area contributed by atoms with Gasteiger partial charge < -0.3 is 4.74 Å². The predicted octanol–water partition coefficient (Wildman–Crippen LogP) is 1.25. The quantitative estimate of drug-likeness (QED) is 0.323. The first-order chi connectivity index (χ1) is 7.89. The number of esters is 1. The summed E-state index contributed by atoms with van der Waals surface area (Å²) in [6.45, 7) is 3.56. The molecule has 0 aromatic carbocycles. The zero-order valence-electron chi connectivity index (χ0n) is 10.1. The Bertz CT molecular complexity index is 388. The van der Waals surface area contributed by atoms with Crippen LogP contribution in [0, 0.1) is 17.8 Å². The topological polar surface area (TPSA) is 80.7 Å². The second-order valence-electron chi connectivity index (χ2n) is 3.56. The van der Waals surface area contributed by atoms with Gasteiger partial charge in [-0.1, -0.05) is 12.8 Å². The van der Waals surface area contributed by atoms with Gasteiger partial charge >= 0.3 is 5.97 Å². The van der Waals surface area contributed by atoms with Gasteiger partial charge in [0.1, 0.15) is 0 Å². The third-order valence-electron chi connectivity index (χ3n) is 2.01. The summed E-state index contributed by atoms with van der Waals surface area (Å²) in [6.07, 6.45) is 1.32. The van der Waals surface area contributed by atoms with Crippen LogP contribution >= 0.6 is 0 Å². The third kappa shape index (κ3) is 9.85. The van der Waals surface area contributed by atoms with Crippen molar-refractivity contribution in [3.8, 4) is 11.8 Å². The number of carbonyl (C=O) groups excluding carboxylic acids is 1. The Kier molecular flexibility index (Phi) is 7.59.